The van der Waals surface area contributed by atoms with Gasteiger partial charge in [-0.15, -0.1) is 0 Å². The molecule has 134 valence electrons. The van der Waals surface area contributed by atoms with Gasteiger partial charge in [-0.25, -0.2) is 0 Å². The summed E-state index contributed by atoms with van der Waals surface area (Å²) in [5, 5.41) is 13.0. The topological polar surface area (TPSA) is 72.9 Å². The maximum absolute atomic E-state index is 12.0. The van der Waals surface area contributed by atoms with E-state index < -0.39 is 17.0 Å². The lowest BCUT2D eigenvalue weighted by molar-refractivity contribution is 0.208. The molecule has 1 atom stereocenters. The van der Waals surface area contributed by atoms with Crippen molar-refractivity contribution < 1.29 is 5.11 Å². The highest BCUT2D eigenvalue weighted by Gasteiger charge is 2.28. The molecule has 2 N–H and O–H groups in total. The molecule has 1 saturated heterocycles. The Kier molecular flexibility index (Phi) is 5.42. The number of halogens is 1. The van der Waals surface area contributed by atoms with Gasteiger partial charge in [0.1, 0.15) is 11.4 Å². The maximum atomic E-state index is 12.0. The number of piperazine rings is 1. The molecule has 0 radical (unpaired) electrons. The Balaban J connectivity index is 1.61. The van der Waals surface area contributed by atoms with Crippen molar-refractivity contribution in [1.82, 2.24) is 4.90 Å². The standard InChI is InChI=1S/C18H22ClN3O3/c1-12(23)10-20-15-16(18(25)17(15)24)22-8-6-21(7-9-22)11-13-4-2-3-5-14(13)19/h2-5,12,20,23H,6-11H2,1H3. The van der Waals surface area contributed by atoms with Crippen molar-refractivity contribution >= 4 is 23.0 Å². The van der Waals surface area contributed by atoms with Crippen molar-refractivity contribution in [2.75, 3.05) is 42.9 Å². The minimum Gasteiger partial charge on any atom is -0.392 e. The van der Waals surface area contributed by atoms with E-state index in [1.54, 1.807) is 6.92 Å². The Morgan fingerprint density at radius 1 is 1.16 bits per heavy atom. The second kappa shape index (κ2) is 7.56. The molecule has 1 heterocycles. The molecule has 2 aromatic carbocycles. The van der Waals surface area contributed by atoms with E-state index in [1.165, 1.54) is 0 Å². The lowest BCUT2D eigenvalue weighted by atomic mass is 10.1. The molecule has 7 heteroatoms. The minimum absolute atomic E-state index is 0.254. The number of nitrogens with zero attached hydrogens (tertiary/aromatic N) is 2. The second-order valence-electron chi connectivity index (χ2n) is 6.47. The Labute approximate surface area is 151 Å². The lowest BCUT2D eigenvalue weighted by Crippen LogP contribution is -2.51. The number of aliphatic hydroxyl groups is 1. The summed E-state index contributed by atoms with van der Waals surface area (Å²) < 4.78 is 0. The first-order valence-corrected chi connectivity index (χ1v) is 8.81. The predicted octanol–water partition coefficient (Wildman–Crippen LogP) is 1.05. The van der Waals surface area contributed by atoms with Crippen molar-refractivity contribution in [3.05, 3.63) is 55.3 Å². The van der Waals surface area contributed by atoms with Gasteiger partial charge in [0.05, 0.1) is 6.10 Å². The number of anilines is 2. The molecule has 0 aromatic heterocycles. The fraction of sp³-hybridized carbons (Fsp3) is 0.444. The van der Waals surface area contributed by atoms with Crippen molar-refractivity contribution in [3.8, 4) is 0 Å². The van der Waals surface area contributed by atoms with Gasteiger partial charge < -0.3 is 15.3 Å². The van der Waals surface area contributed by atoms with Crippen molar-refractivity contribution in [3.63, 3.8) is 0 Å². The summed E-state index contributed by atoms with van der Waals surface area (Å²) in [5.41, 5.74) is 0.960. The molecule has 1 aliphatic rings. The molecule has 0 spiro atoms. The molecule has 0 amide bonds. The predicted molar refractivity (Wildman–Crippen MR) is 100 cm³/mol. The van der Waals surface area contributed by atoms with Gasteiger partial charge in [0, 0.05) is 44.3 Å². The first kappa shape index (κ1) is 17.9. The first-order valence-electron chi connectivity index (χ1n) is 8.43. The maximum Gasteiger partial charge on any atom is 0.253 e. The molecule has 1 unspecified atom stereocenters. The summed E-state index contributed by atoms with van der Waals surface area (Å²) in [6, 6.07) is 7.79. The molecule has 2 aromatic rings. The van der Waals surface area contributed by atoms with Crippen LogP contribution in [0.15, 0.2) is 33.9 Å². The normalized spacial score (nSPS) is 17.0. The summed E-state index contributed by atoms with van der Waals surface area (Å²) in [4.78, 5) is 28.0. The van der Waals surface area contributed by atoms with Crippen LogP contribution in [-0.2, 0) is 6.54 Å². The highest BCUT2D eigenvalue weighted by atomic mass is 35.5. The highest BCUT2D eigenvalue weighted by molar-refractivity contribution is 6.31. The quantitative estimate of drug-likeness (QED) is 0.747. The summed E-state index contributed by atoms with van der Waals surface area (Å²) in [6.45, 7) is 5.60. The van der Waals surface area contributed by atoms with Gasteiger partial charge in [0.2, 0.25) is 0 Å². The smallest absolute Gasteiger partial charge is 0.253 e. The molecule has 3 rings (SSSR count). The molecule has 6 nitrogen and oxygen atoms in total. The average Bonchev–Trinajstić information content (AvgIpc) is 2.60. The molecule has 25 heavy (non-hydrogen) atoms. The number of hydrogen-bond donors (Lipinski definition) is 2. The van der Waals surface area contributed by atoms with Gasteiger partial charge >= 0.3 is 0 Å². The first-order chi connectivity index (χ1) is 12.0. The molecular weight excluding hydrogens is 342 g/mol. The van der Waals surface area contributed by atoms with Crippen LogP contribution >= 0.6 is 11.6 Å². The van der Waals surface area contributed by atoms with Gasteiger partial charge in [-0.1, -0.05) is 29.8 Å². The number of nitrogens with one attached hydrogen (secondary N) is 1. The highest BCUT2D eigenvalue weighted by Crippen LogP contribution is 2.23. The van der Waals surface area contributed by atoms with E-state index in [9.17, 15) is 14.7 Å². The fourth-order valence-electron chi connectivity index (χ4n) is 3.09. The van der Waals surface area contributed by atoms with Gasteiger partial charge in [-0.3, -0.25) is 14.5 Å². The summed E-state index contributed by atoms with van der Waals surface area (Å²) in [6.07, 6.45) is -0.579. The Bertz CT molecular complexity index is 806. The zero-order valence-corrected chi connectivity index (χ0v) is 14.9. The van der Waals surface area contributed by atoms with Crippen LogP contribution in [0, 0.1) is 0 Å². The Morgan fingerprint density at radius 2 is 1.84 bits per heavy atom. The van der Waals surface area contributed by atoms with Gasteiger partial charge in [-0.2, -0.15) is 0 Å². The summed E-state index contributed by atoms with van der Waals surface area (Å²) >= 11 is 6.21. The number of aliphatic hydroxyl groups excluding tert-OH is 1. The van der Waals surface area contributed by atoms with E-state index >= 15 is 0 Å². The molecule has 0 aliphatic carbocycles. The van der Waals surface area contributed by atoms with Crippen molar-refractivity contribution in [1.29, 1.82) is 0 Å². The monoisotopic (exact) mass is 363 g/mol. The van der Waals surface area contributed by atoms with Gasteiger partial charge in [0.15, 0.2) is 0 Å². The average molecular weight is 364 g/mol. The van der Waals surface area contributed by atoms with E-state index in [1.807, 2.05) is 29.2 Å². The Morgan fingerprint density at radius 3 is 2.48 bits per heavy atom. The van der Waals surface area contributed by atoms with Crippen LogP contribution < -0.4 is 21.1 Å². The summed E-state index contributed by atoms with van der Waals surface area (Å²) in [7, 11) is 0. The third-order valence-electron chi connectivity index (χ3n) is 4.50. The van der Waals surface area contributed by atoms with Gasteiger partial charge in [-0.05, 0) is 18.6 Å². The molecule has 0 saturated carbocycles. The van der Waals surface area contributed by atoms with E-state index in [2.05, 4.69) is 10.2 Å². The third-order valence-corrected chi connectivity index (χ3v) is 4.87. The van der Waals surface area contributed by atoms with E-state index in [-0.39, 0.29) is 6.54 Å². The van der Waals surface area contributed by atoms with E-state index in [0.29, 0.717) is 24.5 Å². The molecule has 1 fully saturated rings. The number of benzene rings is 1. The van der Waals surface area contributed by atoms with Crippen LogP contribution in [0.4, 0.5) is 11.4 Å². The third kappa shape index (κ3) is 3.86. The SMILES string of the molecule is CC(O)CNc1c(N2CCN(Cc3ccccc3Cl)CC2)c(=O)c1=O. The molecule has 1 aliphatic heterocycles. The number of rotatable bonds is 6. The zero-order valence-electron chi connectivity index (χ0n) is 14.2. The van der Waals surface area contributed by atoms with Crippen molar-refractivity contribution in [2.24, 2.45) is 0 Å². The molecule has 0 bridgehead atoms. The van der Waals surface area contributed by atoms with Crippen LogP contribution in [0.5, 0.6) is 0 Å². The zero-order chi connectivity index (χ0) is 18.0. The van der Waals surface area contributed by atoms with Crippen LogP contribution in [0.1, 0.15) is 12.5 Å². The molecular formula is C18H22ClN3O3. The Hall–Kier alpha value is -1.89. The minimum atomic E-state index is -0.579. The lowest BCUT2D eigenvalue weighted by Gasteiger charge is -2.37. The van der Waals surface area contributed by atoms with E-state index in [0.717, 1.165) is 30.2 Å². The van der Waals surface area contributed by atoms with Crippen LogP contribution in [0.2, 0.25) is 5.02 Å². The van der Waals surface area contributed by atoms with Gasteiger partial charge in [0.25, 0.3) is 10.9 Å². The van der Waals surface area contributed by atoms with Crippen LogP contribution in [0.3, 0.4) is 0 Å². The van der Waals surface area contributed by atoms with Crippen molar-refractivity contribution in [2.45, 2.75) is 19.6 Å². The second-order valence-corrected chi connectivity index (χ2v) is 6.87. The van der Waals surface area contributed by atoms with Crippen LogP contribution in [-0.4, -0.2) is 48.8 Å². The van der Waals surface area contributed by atoms with E-state index in [4.69, 9.17) is 11.6 Å². The largest absolute Gasteiger partial charge is 0.392 e. The fourth-order valence-corrected chi connectivity index (χ4v) is 3.29. The van der Waals surface area contributed by atoms with Crippen LogP contribution in [0.25, 0.3) is 0 Å². The summed E-state index contributed by atoms with van der Waals surface area (Å²) in [5.74, 6) is 0. The number of hydrogen-bond acceptors (Lipinski definition) is 6.